The summed E-state index contributed by atoms with van der Waals surface area (Å²) in [5.74, 6) is 0.216. The average Bonchev–Trinajstić information content (AvgIpc) is 2.95. The molecule has 5 nitrogen and oxygen atoms in total. The third kappa shape index (κ3) is 3.13. The van der Waals surface area contributed by atoms with Gasteiger partial charge in [-0.3, -0.25) is 9.80 Å². The minimum atomic E-state index is -1.92. The predicted octanol–water partition coefficient (Wildman–Crippen LogP) is 3.61. The zero-order valence-corrected chi connectivity index (χ0v) is 16.4. The Morgan fingerprint density at radius 1 is 0.931 bits per heavy atom. The van der Waals surface area contributed by atoms with E-state index in [1.807, 2.05) is 18.2 Å². The number of anilines is 2. The number of hydrogen-bond donors (Lipinski definition) is 2. The van der Waals surface area contributed by atoms with Crippen LogP contribution in [-0.4, -0.2) is 28.7 Å². The fraction of sp³-hybridized carbons (Fsp3) is 0.136. The highest BCUT2D eigenvalue weighted by Gasteiger charge is 2.56. The second kappa shape index (κ2) is 7.44. The van der Waals surface area contributed by atoms with Gasteiger partial charge in [0, 0.05) is 16.9 Å². The van der Waals surface area contributed by atoms with E-state index in [4.69, 9.17) is 17.0 Å². The maximum Gasteiger partial charge on any atom is 0.217 e. The van der Waals surface area contributed by atoms with Gasteiger partial charge < -0.3 is 14.9 Å². The van der Waals surface area contributed by atoms with Crippen LogP contribution >= 0.6 is 12.2 Å². The summed E-state index contributed by atoms with van der Waals surface area (Å²) >= 11 is 5.67. The van der Waals surface area contributed by atoms with Crippen molar-refractivity contribution in [2.24, 2.45) is 0 Å². The van der Waals surface area contributed by atoms with Gasteiger partial charge in [0.2, 0.25) is 5.72 Å². The first kappa shape index (κ1) is 19.3. The van der Waals surface area contributed by atoms with Crippen LogP contribution in [0.1, 0.15) is 5.56 Å². The van der Waals surface area contributed by atoms with Gasteiger partial charge >= 0.3 is 0 Å². The zero-order valence-electron chi connectivity index (χ0n) is 15.6. The summed E-state index contributed by atoms with van der Waals surface area (Å²) in [4.78, 5) is 2.94. The van der Waals surface area contributed by atoms with Crippen LogP contribution in [0.5, 0.6) is 5.75 Å². The lowest BCUT2D eigenvalue weighted by Gasteiger charge is -2.35. The molecule has 0 radical (unpaired) electrons. The predicted molar refractivity (Wildman–Crippen MR) is 113 cm³/mol. The molecule has 0 saturated carbocycles. The number of nitrogens with zero attached hydrogens (tertiary/aromatic N) is 2. The van der Waals surface area contributed by atoms with Gasteiger partial charge in [0.1, 0.15) is 11.6 Å². The summed E-state index contributed by atoms with van der Waals surface area (Å²) in [5, 5.41) is 23.2. The third-order valence-electron chi connectivity index (χ3n) is 4.98. The van der Waals surface area contributed by atoms with Crippen LogP contribution in [0, 0.1) is 5.82 Å². The molecular weight excluding hydrogens is 391 g/mol. The fourth-order valence-corrected chi connectivity index (χ4v) is 3.96. The average molecular weight is 410 g/mol. The van der Waals surface area contributed by atoms with E-state index in [1.54, 1.807) is 43.5 Å². The second-order valence-corrected chi connectivity index (χ2v) is 6.99. The van der Waals surface area contributed by atoms with E-state index in [1.165, 1.54) is 34.1 Å². The number of aliphatic hydroxyl groups excluding tert-OH is 1. The molecule has 1 saturated heterocycles. The minimum absolute atomic E-state index is 0.209. The van der Waals surface area contributed by atoms with Gasteiger partial charge in [-0.1, -0.05) is 30.3 Å². The van der Waals surface area contributed by atoms with Crippen LogP contribution in [0.15, 0.2) is 78.9 Å². The lowest BCUT2D eigenvalue weighted by atomic mass is 9.99. The van der Waals surface area contributed by atoms with E-state index in [0.29, 0.717) is 22.7 Å². The summed E-state index contributed by atoms with van der Waals surface area (Å²) in [6.45, 7) is 0. The highest BCUT2D eigenvalue weighted by molar-refractivity contribution is 7.80. The van der Waals surface area contributed by atoms with E-state index < -0.39 is 17.8 Å². The number of aliphatic hydroxyl groups is 2. The quantitative estimate of drug-likeness (QED) is 0.641. The van der Waals surface area contributed by atoms with E-state index in [0.717, 1.165) is 0 Å². The Morgan fingerprint density at radius 2 is 1.55 bits per heavy atom. The summed E-state index contributed by atoms with van der Waals surface area (Å²) < 4.78 is 18.7. The summed E-state index contributed by atoms with van der Waals surface area (Å²) in [7, 11) is 1.56. The maximum atomic E-state index is 13.5. The van der Waals surface area contributed by atoms with Gasteiger partial charge in [-0.15, -0.1) is 0 Å². The summed E-state index contributed by atoms with van der Waals surface area (Å²) in [6.07, 6.45) is -1.44. The van der Waals surface area contributed by atoms with Crippen molar-refractivity contribution in [3.05, 3.63) is 90.2 Å². The Bertz CT molecular complexity index is 1010. The van der Waals surface area contributed by atoms with Crippen LogP contribution in [0.4, 0.5) is 15.8 Å². The molecule has 1 fully saturated rings. The Morgan fingerprint density at radius 3 is 2.14 bits per heavy atom. The number of methoxy groups -OCH3 is 1. The molecule has 148 valence electrons. The monoisotopic (exact) mass is 410 g/mol. The van der Waals surface area contributed by atoms with Crippen molar-refractivity contribution in [1.29, 1.82) is 0 Å². The van der Waals surface area contributed by atoms with Crippen molar-refractivity contribution in [3.63, 3.8) is 0 Å². The van der Waals surface area contributed by atoms with E-state index in [2.05, 4.69) is 0 Å². The first-order chi connectivity index (χ1) is 14.0. The molecule has 0 aliphatic carbocycles. The number of rotatable bonds is 4. The Hall–Kier alpha value is -3.00. The number of thiocarbonyl (C=S) groups is 1. The zero-order chi connectivity index (χ0) is 20.6. The topological polar surface area (TPSA) is 56.2 Å². The van der Waals surface area contributed by atoms with Crippen molar-refractivity contribution < 1.29 is 19.3 Å². The normalized spacial score (nSPS) is 21.5. The second-order valence-electron chi connectivity index (χ2n) is 6.63. The first-order valence-electron chi connectivity index (χ1n) is 8.96. The molecule has 29 heavy (non-hydrogen) atoms. The highest BCUT2D eigenvalue weighted by Crippen LogP contribution is 2.43. The maximum absolute atomic E-state index is 13.5. The van der Waals surface area contributed by atoms with Crippen molar-refractivity contribution in [2.75, 3.05) is 16.9 Å². The lowest BCUT2D eigenvalue weighted by Crippen LogP contribution is -2.49. The Balaban J connectivity index is 1.86. The minimum Gasteiger partial charge on any atom is -0.497 e. The van der Waals surface area contributed by atoms with Crippen molar-refractivity contribution in [1.82, 2.24) is 0 Å². The molecule has 2 N–H and O–H groups in total. The number of halogens is 1. The molecule has 1 aliphatic heterocycles. The standard InChI is InChI=1S/C22H19FN2O3S/c1-28-19-13-11-17(12-14-19)24-20(26)22(27,15-7-9-16(23)10-8-15)25(21(24)29)18-5-3-2-4-6-18/h2-14,20,26-27H,1H3/t20-,22+/m0/s1. The lowest BCUT2D eigenvalue weighted by molar-refractivity contribution is -0.0546. The molecule has 3 aromatic rings. The van der Waals surface area contributed by atoms with Crippen LogP contribution in [-0.2, 0) is 5.72 Å². The van der Waals surface area contributed by atoms with Gasteiger partial charge in [0.25, 0.3) is 0 Å². The molecule has 7 heteroatoms. The Labute approximate surface area is 173 Å². The smallest absolute Gasteiger partial charge is 0.217 e. The molecule has 3 aromatic carbocycles. The molecule has 0 unspecified atom stereocenters. The molecule has 0 amide bonds. The highest BCUT2D eigenvalue weighted by atomic mass is 32.1. The molecule has 0 aromatic heterocycles. The van der Waals surface area contributed by atoms with E-state index in [9.17, 15) is 14.6 Å². The SMILES string of the molecule is COc1ccc(N2C(=S)N(c3ccccc3)[C@@](O)(c3ccc(F)cc3)[C@@H]2O)cc1. The molecule has 1 heterocycles. The molecule has 0 spiro atoms. The molecule has 1 aliphatic rings. The molecule has 0 bridgehead atoms. The van der Waals surface area contributed by atoms with Gasteiger partial charge in [-0.05, 0) is 60.7 Å². The van der Waals surface area contributed by atoms with E-state index >= 15 is 0 Å². The van der Waals surface area contributed by atoms with Gasteiger partial charge in [-0.2, -0.15) is 0 Å². The van der Waals surface area contributed by atoms with Crippen LogP contribution in [0.25, 0.3) is 0 Å². The number of ether oxygens (including phenoxy) is 1. The molecule has 2 atom stereocenters. The van der Waals surface area contributed by atoms with Crippen molar-refractivity contribution >= 4 is 28.7 Å². The number of hydrogen-bond acceptors (Lipinski definition) is 4. The number of benzene rings is 3. The van der Waals surface area contributed by atoms with Crippen molar-refractivity contribution in [2.45, 2.75) is 12.0 Å². The molecule has 4 rings (SSSR count). The summed E-state index contributed by atoms with van der Waals surface area (Å²) in [5.41, 5.74) is -0.429. The van der Waals surface area contributed by atoms with Crippen LogP contribution in [0.2, 0.25) is 0 Å². The first-order valence-corrected chi connectivity index (χ1v) is 9.36. The number of para-hydroxylation sites is 1. The van der Waals surface area contributed by atoms with Crippen LogP contribution in [0.3, 0.4) is 0 Å². The largest absolute Gasteiger partial charge is 0.497 e. The van der Waals surface area contributed by atoms with Crippen molar-refractivity contribution in [3.8, 4) is 5.75 Å². The molecular formula is C22H19FN2O3S. The third-order valence-corrected chi connectivity index (χ3v) is 5.36. The summed E-state index contributed by atoms with van der Waals surface area (Å²) in [6, 6.07) is 21.4. The van der Waals surface area contributed by atoms with Gasteiger partial charge in [-0.25, -0.2) is 4.39 Å². The Kier molecular flexibility index (Phi) is 4.96. The van der Waals surface area contributed by atoms with E-state index in [-0.39, 0.29) is 5.11 Å². The fourth-order valence-electron chi connectivity index (χ4n) is 3.51. The van der Waals surface area contributed by atoms with Gasteiger partial charge in [0.15, 0.2) is 11.3 Å². The van der Waals surface area contributed by atoms with Gasteiger partial charge in [0.05, 0.1) is 7.11 Å². The van der Waals surface area contributed by atoms with Crippen LogP contribution < -0.4 is 14.5 Å².